The van der Waals surface area contributed by atoms with Crippen molar-refractivity contribution in [3.63, 3.8) is 0 Å². The minimum atomic E-state index is -0.506. The van der Waals surface area contributed by atoms with E-state index in [4.69, 9.17) is 15.2 Å². The number of aromatic nitrogens is 1. The molecular weight excluding hydrogens is 459 g/mol. The van der Waals surface area contributed by atoms with Gasteiger partial charge in [-0.1, -0.05) is 24.3 Å². The van der Waals surface area contributed by atoms with E-state index >= 15 is 0 Å². The van der Waals surface area contributed by atoms with Crippen LogP contribution in [0.1, 0.15) is 47.2 Å². The Kier molecular flexibility index (Phi) is 7.09. The predicted molar refractivity (Wildman–Crippen MR) is 133 cm³/mol. The number of hydrogen-bond acceptors (Lipinski definition) is 6. The quantitative estimate of drug-likeness (QED) is 0.341. The van der Waals surface area contributed by atoms with Crippen molar-refractivity contribution in [1.29, 1.82) is 0 Å². The maximum atomic E-state index is 14.0. The second-order valence-electron chi connectivity index (χ2n) is 9.66. The summed E-state index contributed by atoms with van der Waals surface area (Å²) < 4.78 is 25.4. The van der Waals surface area contributed by atoms with E-state index in [0.29, 0.717) is 28.7 Å². The monoisotopic (exact) mass is 488 g/mol. The van der Waals surface area contributed by atoms with Gasteiger partial charge in [0.15, 0.2) is 12.4 Å². The maximum Gasteiger partial charge on any atom is 0.344 e. The van der Waals surface area contributed by atoms with Crippen LogP contribution in [0.4, 0.5) is 4.39 Å². The number of ether oxygens (including phenoxy) is 2. The third-order valence-electron chi connectivity index (χ3n) is 7.32. The molecule has 2 N–H and O–H groups in total. The molecule has 2 aliphatic carbocycles. The van der Waals surface area contributed by atoms with Crippen LogP contribution in [0.3, 0.4) is 0 Å². The predicted octanol–water partition coefficient (Wildman–Crippen LogP) is 4.88. The number of carbonyl (C=O) groups is 2. The van der Waals surface area contributed by atoms with Crippen LogP contribution < -0.4 is 10.5 Å². The first kappa shape index (κ1) is 24.1. The van der Waals surface area contributed by atoms with Crippen molar-refractivity contribution < 1.29 is 23.5 Å². The highest BCUT2D eigenvalue weighted by Gasteiger charge is 2.41. The summed E-state index contributed by atoms with van der Waals surface area (Å²) >= 11 is 0. The molecule has 2 aromatic carbocycles. The molecular formula is C29H29FN2O4. The first-order valence-electron chi connectivity index (χ1n) is 12.4. The van der Waals surface area contributed by atoms with Gasteiger partial charge in [-0.05, 0) is 84.0 Å². The van der Waals surface area contributed by atoms with Gasteiger partial charge in [-0.2, -0.15) is 0 Å². The molecule has 2 saturated carbocycles. The number of Topliss-reactive ketones (excluding diaryl/α,β-unsaturated/α-hetero) is 1. The molecule has 36 heavy (non-hydrogen) atoms. The van der Waals surface area contributed by atoms with Gasteiger partial charge in [-0.15, -0.1) is 0 Å². The summed E-state index contributed by atoms with van der Waals surface area (Å²) in [4.78, 5) is 29.0. The van der Waals surface area contributed by atoms with Crippen LogP contribution in [-0.4, -0.2) is 29.4 Å². The van der Waals surface area contributed by atoms with Crippen molar-refractivity contribution in [2.45, 2.75) is 44.8 Å². The van der Waals surface area contributed by atoms with Gasteiger partial charge < -0.3 is 15.2 Å². The Morgan fingerprint density at radius 3 is 2.69 bits per heavy atom. The number of benzene rings is 2. The number of ketones is 1. The summed E-state index contributed by atoms with van der Waals surface area (Å²) in [6.07, 6.45) is 7.07. The van der Waals surface area contributed by atoms with Crippen molar-refractivity contribution >= 4 is 11.8 Å². The third kappa shape index (κ3) is 5.31. The molecule has 0 spiro atoms. The fraction of sp³-hybridized carbons (Fsp3) is 0.345. The number of rotatable bonds is 9. The van der Waals surface area contributed by atoms with E-state index in [2.05, 4.69) is 4.98 Å². The Morgan fingerprint density at radius 2 is 1.94 bits per heavy atom. The first-order valence-corrected chi connectivity index (χ1v) is 12.4. The molecule has 0 aliphatic heterocycles. The van der Waals surface area contributed by atoms with E-state index in [1.54, 1.807) is 18.2 Å². The number of nitrogens with zero attached hydrogens (tertiary/aromatic N) is 1. The molecule has 0 radical (unpaired) electrons. The van der Waals surface area contributed by atoms with Gasteiger partial charge in [0.05, 0.1) is 6.20 Å². The largest absolute Gasteiger partial charge is 0.482 e. The zero-order valence-electron chi connectivity index (χ0n) is 20.0. The lowest BCUT2D eigenvalue weighted by atomic mass is 9.94. The molecule has 186 valence electrons. The van der Waals surface area contributed by atoms with Crippen LogP contribution in [0.25, 0.3) is 11.1 Å². The zero-order valence-corrected chi connectivity index (χ0v) is 20.0. The van der Waals surface area contributed by atoms with Gasteiger partial charge in [-0.25, -0.2) is 9.18 Å². The van der Waals surface area contributed by atoms with E-state index < -0.39 is 5.82 Å². The van der Waals surface area contributed by atoms with E-state index in [-0.39, 0.29) is 37.4 Å². The number of nitrogens with two attached hydrogens (primary N) is 1. The molecule has 2 fully saturated rings. The smallest absolute Gasteiger partial charge is 0.344 e. The lowest BCUT2D eigenvalue weighted by Gasteiger charge is -2.21. The van der Waals surface area contributed by atoms with Crippen molar-refractivity contribution in [2.24, 2.45) is 17.6 Å². The van der Waals surface area contributed by atoms with Crippen molar-refractivity contribution in [2.75, 3.05) is 6.61 Å². The second kappa shape index (κ2) is 10.6. The number of pyridine rings is 1. The zero-order chi connectivity index (χ0) is 25.1. The number of esters is 1. The van der Waals surface area contributed by atoms with Crippen LogP contribution >= 0.6 is 0 Å². The summed E-state index contributed by atoms with van der Waals surface area (Å²) in [7, 11) is 0. The lowest BCUT2D eigenvalue weighted by Crippen LogP contribution is -2.27. The van der Waals surface area contributed by atoms with Crippen molar-refractivity contribution in [1.82, 2.24) is 4.98 Å². The normalized spacial score (nSPS) is 20.3. The van der Waals surface area contributed by atoms with Gasteiger partial charge in [-0.3, -0.25) is 9.78 Å². The fourth-order valence-corrected chi connectivity index (χ4v) is 5.45. The lowest BCUT2D eigenvalue weighted by molar-refractivity contribution is -0.153. The van der Waals surface area contributed by atoms with Crippen LogP contribution in [0.2, 0.25) is 0 Å². The Balaban J connectivity index is 1.28. The van der Waals surface area contributed by atoms with Crippen LogP contribution in [0.5, 0.6) is 5.75 Å². The average Bonchev–Trinajstić information content (AvgIpc) is 3.52. The minimum Gasteiger partial charge on any atom is -0.482 e. The Hall–Kier alpha value is -3.58. The van der Waals surface area contributed by atoms with Gasteiger partial charge in [0.2, 0.25) is 0 Å². The van der Waals surface area contributed by atoms with Crippen molar-refractivity contribution in [3.05, 3.63) is 83.4 Å². The first-order chi connectivity index (χ1) is 17.5. The molecule has 5 rings (SSSR count). The molecule has 2 aliphatic rings. The fourth-order valence-electron chi connectivity index (χ4n) is 5.45. The van der Waals surface area contributed by atoms with Gasteiger partial charge in [0, 0.05) is 24.7 Å². The molecule has 6 nitrogen and oxygen atoms in total. The van der Waals surface area contributed by atoms with Crippen molar-refractivity contribution in [3.8, 4) is 16.9 Å². The molecule has 0 amide bonds. The summed E-state index contributed by atoms with van der Waals surface area (Å²) in [5, 5.41) is 0. The third-order valence-corrected chi connectivity index (χ3v) is 7.32. The molecule has 3 aromatic rings. The highest BCUT2D eigenvalue weighted by molar-refractivity contribution is 5.98. The van der Waals surface area contributed by atoms with E-state index in [1.165, 1.54) is 25.1 Å². The molecule has 7 heteroatoms. The Morgan fingerprint density at radius 1 is 1.06 bits per heavy atom. The maximum absolute atomic E-state index is 14.0. The highest BCUT2D eigenvalue weighted by Crippen LogP contribution is 2.45. The number of hydrogen-bond donors (Lipinski definition) is 1. The van der Waals surface area contributed by atoms with Gasteiger partial charge in [0.25, 0.3) is 0 Å². The molecule has 1 aromatic heterocycles. The van der Waals surface area contributed by atoms with Crippen LogP contribution in [-0.2, 0) is 22.5 Å². The molecule has 3 atom stereocenters. The Bertz CT molecular complexity index is 1280. The number of carbonyl (C=O) groups excluding carboxylic acids is 2. The van der Waals surface area contributed by atoms with Crippen LogP contribution in [0.15, 0.2) is 60.9 Å². The molecule has 1 heterocycles. The standard InChI is InChI=1S/C29H29FN2O4/c30-26-16-32-9-8-20(26)14-27(33)21-6-7-23(15-31)25(13-21)19-2-1-3-24(12-19)35-17-29(34)36-28-11-18-4-5-22(28)10-18/h1-3,6-9,12-13,16,18,22,28H,4-5,10-11,14-15,17,31H2. The van der Waals surface area contributed by atoms with E-state index in [0.717, 1.165) is 35.7 Å². The summed E-state index contributed by atoms with van der Waals surface area (Å²) in [5.41, 5.74) is 9.17. The molecule has 0 saturated heterocycles. The minimum absolute atomic E-state index is 0.0270. The van der Waals surface area contributed by atoms with E-state index in [9.17, 15) is 14.0 Å². The summed E-state index contributed by atoms with van der Waals surface area (Å²) in [5.74, 6) is 0.664. The van der Waals surface area contributed by atoms with E-state index in [1.807, 2.05) is 24.3 Å². The average molecular weight is 489 g/mol. The SMILES string of the molecule is NCc1ccc(C(=O)Cc2ccncc2F)cc1-c1cccc(OCC(=O)OC2CC3CCC2C3)c1. The second-order valence-corrected chi connectivity index (χ2v) is 9.66. The summed E-state index contributed by atoms with van der Waals surface area (Å²) in [6, 6.07) is 14.1. The van der Waals surface area contributed by atoms with Crippen LogP contribution in [0, 0.1) is 17.7 Å². The molecule has 3 unspecified atom stereocenters. The van der Waals surface area contributed by atoms with Gasteiger partial charge in [0.1, 0.15) is 17.7 Å². The Labute approximate surface area is 209 Å². The number of fused-ring (bicyclic) bond motifs is 2. The van der Waals surface area contributed by atoms with Gasteiger partial charge >= 0.3 is 5.97 Å². The number of halogens is 1. The summed E-state index contributed by atoms with van der Waals surface area (Å²) in [6.45, 7) is 0.126. The highest BCUT2D eigenvalue weighted by atomic mass is 19.1. The molecule has 2 bridgehead atoms. The topological polar surface area (TPSA) is 91.5 Å².